The van der Waals surface area contributed by atoms with Crippen LogP contribution in [0, 0.1) is 12.3 Å². The van der Waals surface area contributed by atoms with Crippen molar-refractivity contribution in [2.45, 2.75) is 6.54 Å². The number of hydrogen-bond acceptors (Lipinski definition) is 5. The molecule has 0 aromatic carbocycles. The monoisotopic (exact) mass is 304 g/mol. The molecule has 9 heteroatoms. The van der Waals surface area contributed by atoms with E-state index < -0.39 is 15.6 Å². The summed E-state index contributed by atoms with van der Waals surface area (Å²) in [7, 11) is -3.26. The van der Waals surface area contributed by atoms with Crippen LogP contribution in [-0.2, 0) is 16.6 Å². The lowest BCUT2D eigenvalue weighted by atomic mass is 10.4. The van der Waals surface area contributed by atoms with Crippen LogP contribution in [0.15, 0.2) is 11.0 Å². The molecule has 1 rings (SSSR count). The molecule has 1 aromatic heterocycles. The summed E-state index contributed by atoms with van der Waals surface area (Å²) in [6, 6.07) is 0. The molecule has 0 aliphatic carbocycles. The van der Waals surface area contributed by atoms with Gasteiger partial charge in [0.15, 0.2) is 0 Å². The summed E-state index contributed by atoms with van der Waals surface area (Å²) in [6.45, 7) is 0.375. The van der Waals surface area contributed by atoms with Crippen LogP contribution in [0.2, 0.25) is 5.02 Å². The lowest BCUT2D eigenvalue weighted by molar-refractivity contribution is 0.589. The molecule has 0 aliphatic rings. The molecule has 0 unspecified atom stereocenters. The topological polar surface area (TPSA) is 93.1 Å². The summed E-state index contributed by atoms with van der Waals surface area (Å²) in [6.07, 6.45) is 7.45. The average molecular weight is 305 g/mol. The van der Waals surface area contributed by atoms with Crippen molar-refractivity contribution in [3.8, 4) is 12.3 Å². The fourth-order valence-electron chi connectivity index (χ4n) is 1.25. The number of hydrogen-bond donors (Lipinski definition) is 2. The zero-order chi connectivity index (χ0) is 14.5. The van der Waals surface area contributed by atoms with Crippen LogP contribution in [0.4, 0.5) is 5.69 Å². The minimum absolute atomic E-state index is 0.0340. The number of nitrogens with zero attached hydrogens (tertiary/aromatic N) is 2. The first-order valence-corrected chi connectivity index (χ1v) is 7.49. The van der Waals surface area contributed by atoms with Crippen molar-refractivity contribution in [1.29, 1.82) is 0 Å². The van der Waals surface area contributed by atoms with Gasteiger partial charge in [0.25, 0.3) is 5.56 Å². The van der Waals surface area contributed by atoms with Crippen LogP contribution < -0.4 is 15.6 Å². The normalized spacial score (nSPS) is 11.0. The summed E-state index contributed by atoms with van der Waals surface area (Å²) in [5, 5.41) is 6.68. The van der Waals surface area contributed by atoms with Gasteiger partial charge < -0.3 is 5.32 Å². The molecule has 1 aromatic rings. The second-order valence-electron chi connectivity index (χ2n) is 3.63. The van der Waals surface area contributed by atoms with Gasteiger partial charge in [0, 0.05) is 13.1 Å². The van der Waals surface area contributed by atoms with E-state index in [4.69, 9.17) is 18.0 Å². The Morgan fingerprint density at radius 2 is 2.21 bits per heavy atom. The Hall–Kier alpha value is -1.56. The molecule has 0 saturated carbocycles. The van der Waals surface area contributed by atoms with Crippen molar-refractivity contribution in [1.82, 2.24) is 14.5 Å². The highest BCUT2D eigenvalue weighted by Gasteiger charge is 2.09. The summed E-state index contributed by atoms with van der Waals surface area (Å²) in [5.41, 5.74) is -0.313. The molecule has 0 radical (unpaired) electrons. The van der Waals surface area contributed by atoms with E-state index in [1.165, 1.54) is 6.20 Å². The van der Waals surface area contributed by atoms with E-state index in [1.807, 2.05) is 0 Å². The third-order valence-corrected chi connectivity index (χ3v) is 3.04. The first-order chi connectivity index (χ1) is 8.85. The quantitative estimate of drug-likeness (QED) is 0.545. The third kappa shape index (κ3) is 4.90. The molecular formula is C10H13ClN4O3S. The Morgan fingerprint density at radius 3 is 2.79 bits per heavy atom. The van der Waals surface area contributed by atoms with E-state index in [1.54, 1.807) is 0 Å². The van der Waals surface area contributed by atoms with Gasteiger partial charge in [-0.15, -0.1) is 6.42 Å². The predicted molar refractivity (Wildman–Crippen MR) is 73.7 cm³/mol. The van der Waals surface area contributed by atoms with Crippen molar-refractivity contribution < 1.29 is 8.42 Å². The fraction of sp³-hybridized carbons (Fsp3) is 0.400. The largest absolute Gasteiger partial charge is 0.378 e. The maximum Gasteiger partial charge on any atom is 0.292 e. The highest BCUT2D eigenvalue weighted by molar-refractivity contribution is 7.88. The van der Waals surface area contributed by atoms with E-state index in [9.17, 15) is 13.2 Å². The van der Waals surface area contributed by atoms with Crippen LogP contribution in [0.3, 0.4) is 0 Å². The Morgan fingerprint density at radius 1 is 1.53 bits per heavy atom. The van der Waals surface area contributed by atoms with E-state index in [2.05, 4.69) is 21.1 Å². The number of terminal acetylenes is 1. The lowest BCUT2D eigenvalue weighted by Crippen LogP contribution is -2.31. The number of anilines is 1. The average Bonchev–Trinajstić information content (AvgIpc) is 2.30. The zero-order valence-electron chi connectivity index (χ0n) is 10.2. The first-order valence-electron chi connectivity index (χ1n) is 5.22. The number of sulfonamides is 1. The van der Waals surface area contributed by atoms with Crippen LogP contribution in [0.25, 0.3) is 0 Å². The smallest absolute Gasteiger partial charge is 0.292 e. The maximum atomic E-state index is 11.9. The summed E-state index contributed by atoms with van der Waals surface area (Å²) >= 11 is 5.84. The van der Waals surface area contributed by atoms with Gasteiger partial charge in [-0.2, -0.15) is 5.10 Å². The maximum absolute atomic E-state index is 11.9. The van der Waals surface area contributed by atoms with Gasteiger partial charge in [-0.25, -0.2) is 17.8 Å². The zero-order valence-corrected chi connectivity index (χ0v) is 11.8. The van der Waals surface area contributed by atoms with Gasteiger partial charge in [0.05, 0.1) is 17.5 Å². The van der Waals surface area contributed by atoms with Crippen molar-refractivity contribution in [2.24, 2.45) is 0 Å². The van der Waals surface area contributed by atoms with Crippen LogP contribution >= 0.6 is 11.6 Å². The van der Waals surface area contributed by atoms with Crippen LogP contribution in [-0.4, -0.2) is 37.5 Å². The van der Waals surface area contributed by atoms with E-state index in [0.717, 1.165) is 10.9 Å². The molecule has 2 N–H and O–H groups in total. The van der Waals surface area contributed by atoms with E-state index in [0.29, 0.717) is 0 Å². The van der Waals surface area contributed by atoms with Crippen molar-refractivity contribution in [3.05, 3.63) is 21.6 Å². The first kappa shape index (κ1) is 15.5. The van der Waals surface area contributed by atoms with E-state index >= 15 is 0 Å². The van der Waals surface area contributed by atoms with Crippen molar-refractivity contribution in [2.75, 3.05) is 24.7 Å². The fourth-order valence-corrected chi connectivity index (χ4v) is 1.92. The Bertz CT molecular complexity index is 648. The molecule has 0 fully saturated rings. The van der Waals surface area contributed by atoms with Gasteiger partial charge in [0.2, 0.25) is 10.0 Å². The van der Waals surface area contributed by atoms with Crippen LogP contribution in [0.5, 0.6) is 0 Å². The molecule has 0 amide bonds. The minimum Gasteiger partial charge on any atom is -0.378 e. The molecule has 0 aliphatic heterocycles. The van der Waals surface area contributed by atoms with Gasteiger partial charge in [0.1, 0.15) is 12.2 Å². The second kappa shape index (κ2) is 6.56. The van der Waals surface area contributed by atoms with Crippen molar-refractivity contribution >= 4 is 27.3 Å². The molecule has 104 valence electrons. The third-order valence-electron chi connectivity index (χ3n) is 2.03. The molecule has 0 bridgehead atoms. The number of nitrogens with one attached hydrogen (secondary N) is 2. The Labute approximate surface area is 116 Å². The van der Waals surface area contributed by atoms with Gasteiger partial charge in [-0.3, -0.25) is 4.79 Å². The molecular weight excluding hydrogens is 292 g/mol. The number of aromatic nitrogens is 2. The standard InChI is InChI=1S/C10H13ClN4O3S/c1-3-6-15-10(16)9(8(11)7-13-15)12-4-5-14-19(2,17)18/h1,7,12,14H,4-6H2,2H3. The molecule has 0 atom stereocenters. The molecule has 0 saturated heterocycles. The molecule has 1 heterocycles. The van der Waals surface area contributed by atoms with Gasteiger partial charge in [-0.1, -0.05) is 17.5 Å². The van der Waals surface area contributed by atoms with E-state index in [-0.39, 0.29) is 30.3 Å². The minimum atomic E-state index is -3.26. The number of rotatable bonds is 6. The number of halogens is 1. The highest BCUT2D eigenvalue weighted by atomic mass is 35.5. The van der Waals surface area contributed by atoms with Crippen LogP contribution in [0.1, 0.15) is 0 Å². The highest BCUT2D eigenvalue weighted by Crippen LogP contribution is 2.14. The lowest BCUT2D eigenvalue weighted by Gasteiger charge is -2.09. The Kier molecular flexibility index (Phi) is 5.35. The second-order valence-corrected chi connectivity index (χ2v) is 5.87. The Balaban J connectivity index is 2.76. The van der Waals surface area contributed by atoms with Gasteiger partial charge >= 0.3 is 0 Å². The molecule has 7 nitrogen and oxygen atoms in total. The molecule has 0 spiro atoms. The predicted octanol–water partition coefficient (Wildman–Crippen LogP) is -0.509. The molecule has 19 heavy (non-hydrogen) atoms. The summed E-state index contributed by atoms with van der Waals surface area (Å²) < 4.78 is 25.1. The summed E-state index contributed by atoms with van der Waals surface area (Å²) in [5.74, 6) is 2.30. The SMILES string of the molecule is C#CCn1ncc(Cl)c(NCCNS(C)(=O)=O)c1=O. The van der Waals surface area contributed by atoms with Crippen molar-refractivity contribution in [3.63, 3.8) is 0 Å². The van der Waals surface area contributed by atoms with Gasteiger partial charge in [-0.05, 0) is 0 Å². The summed E-state index contributed by atoms with van der Waals surface area (Å²) in [4.78, 5) is 11.9.